The molecule has 0 aliphatic heterocycles. The second-order valence-corrected chi connectivity index (χ2v) is 1.62. The van der Waals surface area contributed by atoms with Gasteiger partial charge in [-0.1, -0.05) is 0 Å². The standard InChI is InChI=1S/C4H7.ClH.Pd/c1-4(2)3;;/h1-2H2,3H3;1H;/q;;+1/p-1. The summed E-state index contributed by atoms with van der Waals surface area (Å²) in [6.07, 6.45) is 0. The Hall–Kier alpha value is 0.692. The first-order valence-electron chi connectivity index (χ1n) is 1.43. The third-order valence-corrected chi connectivity index (χ3v) is 1.13. The quantitative estimate of drug-likeness (QED) is 0.355. The van der Waals surface area contributed by atoms with Crippen LogP contribution in [0.15, 0.2) is 12.2 Å². The Bertz CT molecular complexity index is 42.8. The van der Waals surface area contributed by atoms with E-state index in [-0.39, 0.29) is 12.4 Å². The van der Waals surface area contributed by atoms with Gasteiger partial charge in [0.25, 0.3) is 0 Å². The van der Waals surface area contributed by atoms with Crippen molar-refractivity contribution in [1.29, 1.82) is 0 Å². The molecule has 0 nitrogen and oxygen atoms in total. The fourth-order valence-electron chi connectivity index (χ4n) is 0. The molecule has 0 unspecified atom stereocenters. The predicted molar refractivity (Wildman–Crippen MR) is 19.6 cm³/mol. The second kappa shape index (κ2) is 5.69. The molecule has 0 aromatic heterocycles. The minimum absolute atomic E-state index is 0. The van der Waals surface area contributed by atoms with Crippen LogP contribution in [0.3, 0.4) is 0 Å². The molecule has 0 heterocycles. The van der Waals surface area contributed by atoms with Crippen molar-refractivity contribution in [2.45, 2.75) is 11.8 Å². The SMILES string of the molecule is C=C(C)[CH2][Pd+].[Cl-]. The summed E-state index contributed by atoms with van der Waals surface area (Å²) in [7, 11) is 0. The van der Waals surface area contributed by atoms with Crippen LogP contribution in [0.2, 0.25) is 4.89 Å². The average molecular weight is 197 g/mol. The molecule has 0 saturated heterocycles. The van der Waals surface area contributed by atoms with Crippen molar-refractivity contribution in [1.82, 2.24) is 0 Å². The molecule has 40 valence electrons. The molecular formula is C4H7ClPd. The number of rotatable bonds is 1. The van der Waals surface area contributed by atoms with E-state index in [9.17, 15) is 0 Å². The van der Waals surface area contributed by atoms with Crippen molar-refractivity contribution in [3.63, 3.8) is 0 Å². The topological polar surface area (TPSA) is 0 Å². The molecule has 0 aromatic rings. The Morgan fingerprint density at radius 1 is 1.83 bits per heavy atom. The molecular weight excluding hydrogens is 190 g/mol. The van der Waals surface area contributed by atoms with Crippen molar-refractivity contribution in [2.24, 2.45) is 0 Å². The van der Waals surface area contributed by atoms with E-state index in [0.717, 1.165) is 4.89 Å². The molecule has 0 atom stereocenters. The van der Waals surface area contributed by atoms with Gasteiger partial charge in [-0.2, -0.15) is 0 Å². The molecule has 0 N–H and O–H groups in total. The molecule has 2 heteroatoms. The van der Waals surface area contributed by atoms with Crippen LogP contribution < -0.4 is 12.4 Å². The molecule has 0 radical (unpaired) electrons. The number of halogens is 1. The van der Waals surface area contributed by atoms with E-state index in [1.54, 1.807) is 0 Å². The third-order valence-electron chi connectivity index (χ3n) is 0.191. The Kier molecular flexibility index (Phi) is 9.34. The maximum atomic E-state index is 3.64. The summed E-state index contributed by atoms with van der Waals surface area (Å²) in [6.45, 7) is 5.63. The number of hydrogen-bond donors (Lipinski definition) is 0. The van der Waals surface area contributed by atoms with Crippen LogP contribution in [-0.2, 0) is 19.2 Å². The maximum absolute atomic E-state index is 3.64. The van der Waals surface area contributed by atoms with Gasteiger partial charge >= 0.3 is 43.2 Å². The van der Waals surface area contributed by atoms with Crippen LogP contribution in [-0.4, -0.2) is 0 Å². The number of allylic oxidation sites excluding steroid dienone is 1. The van der Waals surface area contributed by atoms with E-state index in [1.807, 2.05) is 6.92 Å². The Labute approximate surface area is 55.8 Å². The van der Waals surface area contributed by atoms with E-state index < -0.39 is 0 Å². The van der Waals surface area contributed by atoms with E-state index in [1.165, 1.54) is 5.57 Å². The first-order chi connectivity index (χ1) is 2.27. The molecule has 0 aliphatic rings. The fraction of sp³-hybridized carbons (Fsp3) is 0.500. The van der Waals surface area contributed by atoms with Gasteiger partial charge in [0, 0.05) is 0 Å². The van der Waals surface area contributed by atoms with E-state index in [4.69, 9.17) is 0 Å². The van der Waals surface area contributed by atoms with Crippen LogP contribution in [0, 0.1) is 0 Å². The fourth-order valence-corrected chi connectivity index (χ4v) is 0. The van der Waals surface area contributed by atoms with Gasteiger partial charge in [-0.15, -0.1) is 0 Å². The van der Waals surface area contributed by atoms with Crippen LogP contribution in [0.1, 0.15) is 6.92 Å². The summed E-state index contributed by atoms with van der Waals surface area (Å²) in [6, 6.07) is 0. The van der Waals surface area contributed by atoms with Gasteiger partial charge in [-0.05, 0) is 0 Å². The zero-order valence-electron chi connectivity index (χ0n) is 3.61. The summed E-state index contributed by atoms with van der Waals surface area (Å²) < 4.78 is 0. The number of hydrogen-bond acceptors (Lipinski definition) is 0. The largest absolute Gasteiger partial charge is 1.00 e. The Morgan fingerprint density at radius 3 is 2.00 bits per heavy atom. The zero-order chi connectivity index (χ0) is 4.28. The van der Waals surface area contributed by atoms with Crippen molar-refractivity contribution in [3.8, 4) is 0 Å². The van der Waals surface area contributed by atoms with Crippen LogP contribution in [0.4, 0.5) is 0 Å². The molecule has 0 saturated carbocycles. The van der Waals surface area contributed by atoms with E-state index >= 15 is 0 Å². The molecule has 0 aromatic carbocycles. The van der Waals surface area contributed by atoms with Gasteiger partial charge < -0.3 is 12.4 Å². The maximum Gasteiger partial charge on any atom is -1.00 e. The van der Waals surface area contributed by atoms with Crippen molar-refractivity contribution in [3.05, 3.63) is 12.2 Å². The summed E-state index contributed by atoms with van der Waals surface area (Å²) >= 11 is 2.99. The smallest absolute Gasteiger partial charge is 1.00 e. The minimum atomic E-state index is 0. The molecule has 6 heavy (non-hydrogen) atoms. The minimum Gasteiger partial charge on any atom is -1.00 e. The molecule has 0 rings (SSSR count). The molecule has 0 spiro atoms. The van der Waals surface area contributed by atoms with Gasteiger partial charge in [-0.25, -0.2) is 0 Å². The van der Waals surface area contributed by atoms with Gasteiger partial charge in [0.05, 0.1) is 0 Å². The van der Waals surface area contributed by atoms with Crippen molar-refractivity contribution in [2.75, 3.05) is 0 Å². The Morgan fingerprint density at radius 2 is 2.00 bits per heavy atom. The average Bonchev–Trinajstić information content (AvgIpc) is 1.38. The molecule has 0 aliphatic carbocycles. The van der Waals surface area contributed by atoms with Gasteiger partial charge in [-0.3, -0.25) is 0 Å². The third kappa shape index (κ3) is 8.83. The first-order valence-corrected chi connectivity index (χ1v) is 2.53. The first kappa shape index (κ1) is 9.85. The van der Waals surface area contributed by atoms with Crippen molar-refractivity contribution >= 4 is 0 Å². The van der Waals surface area contributed by atoms with Crippen LogP contribution >= 0.6 is 0 Å². The second-order valence-electron chi connectivity index (χ2n) is 1.07. The van der Waals surface area contributed by atoms with Crippen molar-refractivity contribution < 1.29 is 31.6 Å². The normalized spacial score (nSPS) is 6.50. The summed E-state index contributed by atoms with van der Waals surface area (Å²) in [5.74, 6) is 0. The van der Waals surface area contributed by atoms with Crippen LogP contribution in [0.5, 0.6) is 0 Å². The van der Waals surface area contributed by atoms with Crippen LogP contribution in [0.25, 0.3) is 0 Å². The van der Waals surface area contributed by atoms with Gasteiger partial charge in [0.1, 0.15) is 0 Å². The molecule has 0 fully saturated rings. The summed E-state index contributed by atoms with van der Waals surface area (Å²) in [4.78, 5) is 0.961. The Balaban J connectivity index is 0. The summed E-state index contributed by atoms with van der Waals surface area (Å²) in [5, 5.41) is 0. The van der Waals surface area contributed by atoms with Gasteiger partial charge in [0.2, 0.25) is 0 Å². The monoisotopic (exact) mass is 196 g/mol. The summed E-state index contributed by atoms with van der Waals surface area (Å²) in [5.41, 5.74) is 1.19. The molecule has 0 bridgehead atoms. The van der Waals surface area contributed by atoms with E-state index in [2.05, 4.69) is 25.8 Å². The molecule has 0 amide bonds. The van der Waals surface area contributed by atoms with E-state index in [0.29, 0.717) is 0 Å². The zero-order valence-corrected chi connectivity index (χ0v) is 5.92. The predicted octanol–water partition coefficient (Wildman–Crippen LogP) is -1.47. The van der Waals surface area contributed by atoms with Gasteiger partial charge in [0.15, 0.2) is 0 Å².